The molecule has 1 aromatic heterocycles. The number of amidine groups is 1. The van der Waals surface area contributed by atoms with Crippen molar-refractivity contribution < 1.29 is 0 Å². The van der Waals surface area contributed by atoms with Gasteiger partial charge in [0.25, 0.3) is 0 Å². The van der Waals surface area contributed by atoms with Crippen molar-refractivity contribution in [3.63, 3.8) is 0 Å². The molecule has 20 heavy (non-hydrogen) atoms. The number of anilines is 1. The van der Waals surface area contributed by atoms with E-state index in [0.717, 1.165) is 22.2 Å². The van der Waals surface area contributed by atoms with E-state index < -0.39 is 0 Å². The molecule has 1 fully saturated rings. The number of thioether (sulfide) groups is 1. The molecule has 0 amide bonds. The Kier molecular flexibility index (Phi) is 3.11. The minimum absolute atomic E-state index is 0.551. The molecule has 1 aromatic carbocycles. The average molecular weight is 283 g/mol. The van der Waals surface area contributed by atoms with Crippen LogP contribution in [0.25, 0.3) is 10.8 Å². The van der Waals surface area contributed by atoms with Gasteiger partial charge in [-0.05, 0) is 30.9 Å². The van der Waals surface area contributed by atoms with Crippen molar-refractivity contribution in [3.05, 3.63) is 36.7 Å². The van der Waals surface area contributed by atoms with E-state index in [9.17, 15) is 0 Å². The monoisotopic (exact) mass is 283 g/mol. The smallest absolute Gasteiger partial charge is 0.161 e. The van der Waals surface area contributed by atoms with Gasteiger partial charge in [-0.2, -0.15) is 0 Å². The van der Waals surface area contributed by atoms with Crippen LogP contribution in [0.5, 0.6) is 0 Å². The van der Waals surface area contributed by atoms with Crippen molar-refractivity contribution in [2.75, 3.05) is 11.1 Å². The summed E-state index contributed by atoms with van der Waals surface area (Å²) in [5.41, 5.74) is 1.13. The van der Waals surface area contributed by atoms with Crippen LogP contribution in [-0.4, -0.2) is 21.9 Å². The van der Waals surface area contributed by atoms with Gasteiger partial charge in [0.15, 0.2) is 5.17 Å². The molecule has 2 aromatic rings. The number of nitrogens with one attached hydrogen (secondary N) is 1. The number of rotatable bonds is 1. The van der Waals surface area contributed by atoms with E-state index in [1.54, 1.807) is 0 Å². The Morgan fingerprint density at radius 1 is 1.20 bits per heavy atom. The quantitative estimate of drug-likeness (QED) is 0.862. The fourth-order valence-electron chi connectivity index (χ4n) is 3.17. The highest BCUT2D eigenvalue weighted by atomic mass is 32.2. The third kappa shape index (κ3) is 2.18. The first-order chi connectivity index (χ1) is 9.90. The lowest BCUT2D eigenvalue weighted by Gasteiger charge is -2.23. The maximum atomic E-state index is 4.90. The van der Waals surface area contributed by atoms with Crippen molar-refractivity contribution in [3.8, 4) is 0 Å². The third-order valence-corrected chi connectivity index (χ3v) is 5.33. The zero-order chi connectivity index (χ0) is 13.4. The lowest BCUT2D eigenvalue weighted by Crippen LogP contribution is -2.25. The fourth-order valence-corrected chi connectivity index (χ4v) is 4.32. The predicted molar refractivity (Wildman–Crippen MR) is 86.4 cm³/mol. The second kappa shape index (κ2) is 5.09. The van der Waals surface area contributed by atoms with Gasteiger partial charge in [-0.25, -0.2) is 0 Å². The van der Waals surface area contributed by atoms with Crippen LogP contribution < -0.4 is 5.32 Å². The Bertz CT molecular complexity index is 662. The van der Waals surface area contributed by atoms with Crippen molar-refractivity contribution in [2.24, 2.45) is 10.9 Å². The van der Waals surface area contributed by atoms with Gasteiger partial charge in [0, 0.05) is 34.6 Å². The fraction of sp³-hybridized carbons (Fsp3) is 0.375. The summed E-state index contributed by atoms with van der Waals surface area (Å²) < 4.78 is 0. The van der Waals surface area contributed by atoms with Crippen LogP contribution in [0.3, 0.4) is 0 Å². The molecule has 0 radical (unpaired) electrons. The summed E-state index contributed by atoms with van der Waals surface area (Å²) in [6.45, 7) is 0. The van der Waals surface area contributed by atoms with Crippen LogP contribution in [0.1, 0.15) is 19.3 Å². The number of hydrogen-bond acceptors (Lipinski definition) is 4. The summed E-state index contributed by atoms with van der Waals surface area (Å²) in [6.07, 6.45) is 7.70. The average Bonchev–Trinajstić information content (AvgIpc) is 2.95. The van der Waals surface area contributed by atoms with Gasteiger partial charge in [-0.3, -0.25) is 9.98 Å². The van der Waals surface area contributed by atoms with Crippen molar-refractivity contribution >= 4 is 33.4 Å². The van der Waals surface area contributed by atoms with Crippen LogP contribution in [0.15, 0.2) is 41.7 Å². The SMILES string of the molecule is c1cc(NC2=NC3CCCC3CS2)c2ccncc2c1. The third-order valence-electron chi connectivity index (χ3n) is 4.26. The molecule has 102 valence electrons. The molecule has 2 heterocycles. The van der Waals surface area contributed by atoms with Crippen molar-refractivity contribution in [1.29, 1.82) is 0 Å². The zero-order valence-electron chi connectivity index (χ0n) is 11.2. The Balaban J connectivity index is 1.65. The largest absolute Gasteiger partial charge is 0.334 e. The Labute approximate surface area is 122 Å². The van der Waals surface area contributed by atoms with Gasteiger partial charge in [-0.1, -0.05) is 30.3 Å². The minimum Gasteiger partial charge on any atom is -0.334 e. The molecule has 2 atom stereocenters. The van der Waals surface area contributed by atoms with Gasteiger partial charge < -0.3 is 5.32 Å². The number of fused-ring (bicyclic) bond motifs is 2. The van der Waals surface area contributed by atoms with Gasteiger partial charge in [0.2, 0.25) is 0 Å². The Hall–Kier alpha value is -1.55. The predicted octanol–water partition coefficient (Wildman–Crippen LogP) is 3.92. The molecule has 3 nitrogen and oxygen atoms in total. The highest BCUT2D eigenvalue weighted by Crippen LogP contribution is 2.36. The number of nitrogens with zero attached hydrogens (tertiary/aromatic N) is 2. The second-order valence-electron chi connectivity index (χ2n) is 5.53. The van der Waals surface area contributed by atoms with Gasteiger partial charge in [-0.15, -0.1) is 0 Å². The van der Waals surface area contributed by atoms with Crippen LogP contribution in [0, 0.1) is 5.92 Å². The maximum Gasteiger partial charge on any atom is 0.161 e. The molecule has 2 unspecified atom stereocenters. The van der Waals surface area contributed by atoms with E-state index in [1.807, 2.05) is 24.2 Å². The van der Waals surface area contributed by atoms with E-state index in [1.165, 1.54) is 30.4 Å². The number of pyridine rings is 1. The molecule has 4 rings (SSSR count). The van der Waals surface area contributed by atoms with Crippen molar-refractivity contribution in [2.45, 2.75) is 25.3 Å². The molecule has 1 aliphatic heterocycles. The van der Waals surface area contributed by atoms with E-state index in [0.29, 0.717) is 6.04 Å². The Morgan fingerprint density at radius 2 is 2.20 bits per heavy atom. The van der Waals surface area contributed by atoms with Gasteiger partial charge >= 0.3 is 0 Å². The second-order valence-corrected chi connectivity index (χ2v) is 6.54. The Morgan fingerprint density at radius 3 is 3.20 bits per heavy atom. The summed E-state index contributed by atoms with van der Waals surface area (Å²) in [5, 5.41) is 6.97. The summed E-state index contributed by atoms with van der Waals surface area (Å²) in [5.74, 6) is 2.02. The molecule has 1 saturated carbocycles. The molecular formula is C16H17N3S. The molecule has 0 saturated heterocycles. The normalized spacial score (nSPS) is 25.3. The van der Waals surface area contributed by atoms with Crippen LogP contribution in [0.4, 0.5) is 5.69 Å². The first kappa shape index (κ1) is 12.2. The maximum absolute atomic E-state index is 4.90. The summed E-state index contributed by atoms with van der Waals surface area (Å²) in [6, 6.07) is 8.89. The molecule has 0 spiro atoms. The summed E-state index contributed by atoms with van der Waals surface area (Å²) in [7, 11) is 0. The number of benzene rings is 1. The van der Waals surface area contributed by atoms with E-state index in [2.05, 4.69) is 34.6 Å². The van der Waals surface area contributed by atoms with Crippen LogP contribution in [-0.2, 0) is 0 Å². The first-order valence-electron chi connectivity index (χ1n) is 7.20. The number of hydrogen-bond donors (Lipinski definition) is 1. The van der Waals surface area contributed by atoms with Gasteiger partial charge in [0.1, 0.15) is 0 Å². The van der Waals surface area contributed by atoms with Crippen molar-refractivity contribution in [1.82, 2.24) is 4.98 Å². The summed E-state index contributed by atoms with van der Waals surface area (Å²) >= 11 is 1.87. The zero-order valence-corrected chi connectivity index (χ0v) is 12.1. The van der Waals surface area contributed by atoms with E-state index >= 15 is 0 Å². The molecular weight excluding hydrogens is 266 g/mol. The van der Waals surface area contributed by atoms with Gasteiger partial charge in [0.05, 0.1) is 6.04 Å². The topological polar surface area (TPSA) is 37.3 Å². The van der Waals surface area contributed by atoms with E-state index in [4.69, 9.17) is 4.99 Å². The minimum atomic E-state index is 0.551. The lowest BCUT2D eigenvalue weighted by atomic mass is 10.1. The standard InChI is InChI=1S/C16H17N3S/c1-3-11-9-17-8-7-13(11)15(6-1)19-16-18-14-5-2-4-12(14)10-20-16/h1,3,6-9,12,14H,2,4-5,10H2,(H,18,19). The molecule has 0 bridgehead atoms. The van der Waals surface area contributed by atoms with Crippen LogP contribution in [0.2, 0.25) is 0 Å². The number of aliphatic imine (C=N–C) groups is 1. The first-order valence-corrected chi connectivity index (χ1v) is 8.19. The molecule has 1 N–H and O–H groups in total. The highest BCUT2D eigenvalue weighted by molar-refractivity contribution is 8.14. The highest BCUT2D eigenvalue weighted by Gasteiger charge is 2.30. The molecule has 2 aliphatic rings. The van der Waals surface area contributed by atoms with E-state index in [-0.39, 0.29) is 0 Å². The lowest BCUT2D eigenvalue weighted by molar-refractivity contribution is 0.535. The molecule has 4 heteroatoms. The summed E-state index contributed by atoms with van der Waals surface area (Å²) in [4.78, 5) is 9.08. The molecule has 1 aliphatic carbocycles. The van der Waals surface area contributed by atoms with Crippen LogP contribution >= 0.6 is 11.8 Å². The number of aromatic nitrogens is 1.